The Morgan fingerprint density at radius 1 is 0.444 bits per heavy atom. The van der Waals surface area contributed by atoms with E-state index in [9.17, 15) is 4.79 Å². The fourth-order valence-electron chi connectivity index (χ4n) is 9.80. The summed E-state index contributed by atoms with van der Waals surface area (Å²) in [5.74, 6) is 3.27. The van der Waals surface area contributed by atoms with Gasteiger partial charge in [0.25, 0.3) is 16.0 Å². The highest BCUT2D eigenvalue weighted by molar-refractivity contribution is 7.47. The Bertz CT molecular complexity index is 3770. The molecule has 8 aromatic carbocycles. The van der Waals surface area contributed by atoms with E-state index in [2.05, 4.69) is 48.5 Å². The maximum Gasteiger partial charge on any atom is 0.254 e. The molecule has 1 unspecified atom stereocenters. The fraction of sp³-hybridized carbons (Fsp3) is 0.183. The summed E-state index contributed by atoms with van der Waals surface area (Å²) in [5.41, 5.74) is 11.5. The van der Waals surface area contributed by atoms with Gasteiger partial charge in [-0.2, -0.15) is 0 Å². The van der Waals surface area contributed by atoms with Gasteiger partial charge in [0.2, 0.25) is 0 Å². The molecule has 10 aromatic rings. The zero-order chi connectivity index (χ0) is 49.6. The summed E-state index contributed by atoms with van der Waals surface area (Å²) in [6.45, 7) is 8.90. The van der Waals surface area contributed by atoms with Crippen LogP contribution in [0, 0.1) is 27.7 Å². The molecular formula is C60H52O10P2. The van der Waals surface area contributed by atoms with Crippen LogP contribution in [0.2, 0.25) is 0 Å². The van der Waals surface area contributed by atoms with E-state index in [0.717, 1.165) is 107 Å². The van der Waals surface area contributed by atoms with Gasteiger partial charge >= 0.3 is 0 Å². The zero-order valence-electron chi connectivity index (χ0n) is 41.1. The van der Waals surface area contributed by atoms with E-state index in [-0.39, 0.29) is 0 Å². The number of carbonyl (C=O) groups is 1. The second kappa shape index (κ2) is 19.4. The molecule has 0 saturated heterocycles. The molecule has 1 aliphatic rings. The van der Waals surface area contributed by atoms with Crippen molar-refractivity contribution >= 4 is 66.2 Å². The molecule has 1 atom stereocenters. The van der Waals surface area contributed by atoms with Crippen molar-refractivity contribution in [2.24, 2.45) is 0 Å². The quantitative estimate of drug-likeness (QED) is 0.136. The summed E-state index contributed by atoms with van der Waals surface area (Å²) in [7, 11) is 0.774. The van der Waals surface area contributed by atoms with Crippen molar-refractivity contribution < 1.29 is 45.3 Å². The van der Waals surface area contributed by atoms with Crippen LogP contribution in [0.5, 0.6) is 28.7 Å². The molecule has 0 radical (unpaired) electrons. The Balaban J connectivity index is 1.39. The number of methoxy groups -OCH3 is 3. The Labute approximate surface area is 418 Å². The predicted molar refractivity (Wildman–Crippen MR) is 289 cm³/mol. The molecular weight excluding hydrogens is 943 g/mol. The molecule has 0 aliphatic carbocycles. The van der Waals surface area contributed by atoms with Crippen molar-refractivity contribution in [2.75, 3.05) is 34.5 Å². The van der Waals surface area contributed by atoms with Gasteiger partial charge in [-0.3, -0.25) is 4.79 Å². The molecule has 0 amide bonds. The standard InChI is InChI=1S/C60H52O10P2/c1-35-26-39(34-61)30-47-48-31-42(62-5)27-36(2)56(48)68-71(67-55(35)47)59-45(40-16-10-8-11-17-40)20-22-51-53(59)54-52(66-25-15-14-24-65-51)23-21-46(41-18-12-9-13-19-41)60(54)72-69-57-37(3)28-43(63-6)32-49(57)50-33-44(64-7)29-38(4)58(50)70-72/h8-13,16-23,26-34H,14-15,24-25H2,1-7H3. The number of hydrogen-bond acceptors (Lipinski definition) is 10. The predicted octanol–water partition coefficient (Wildman–Crippen LogP) is 17.5. The highest BCUT2D eigenvalue weighted by atomic mass is 31.1. The van der Waals surface area contributed by atoms with Gasteiger partial charge < -0.3 is 40.5 Å². The van der Waals surface area contributed by atoms with E-state index in [1.807, 2.05) is 113 Å². The van der Waals surface area contributed by atoms with Crippen LogP contribution in [0.4, 0.5) is 0 Å². The lowest BCUT2D eigenvalue weighted by atomic mass is 9.94. The van der Waals surface area contributed by atoms with Crippen LogP contribution in [0.3, 0.4) is 0 Å². The maximum atomic E-state index is 12.5. The van der Waals surface area contributed by atoms with E-state index in [1.54, 1.807) is 21.3 Å². The molecule has 362 valence electrons. The highest BCUT2D eigenvalue weighted by Crippen LogP contribution is 2.62. The van der Waals surface area contributed by atoms with E-state index >= 15 is 0 Å². The normalized spacial score (nSPS) is 12.7. The molecule has 0 spiro atoms. The molecule has 2 aromatic heterocycles. The molecule has 3 heterocycles. The Morgan fingerprint density at radius 2 is 0.806 bits per heavy atom. The minimum absolute atomic E-state index is 0.436. The van der Waals surface area contributed by atoms with Crippen LogP contribution in [0.25, 0.3) is 87.9 Å². The lowest BCUT2D eigenvalue weighted by Crippen LogP contribution is -2.07. The van der Waals surface area contributed by atoms with Crippen LogP contribution >= 0.6 is 16.0 Å². The minimum Gasteiger partial charge on any atom is -0.497 e. The van der Waals surface area contributed by atoms with Crippen molar-refractivity contribution in [3.8, 4) is 72.7 Å². The molecule has 72 heavy (non-hydrogen) atoms. The van der Waals surface area contributed by atoms with Gasteiger partial charge in [0.05, 0.1) is 45.2 Å². The Morgan fingerprint density at radius 3 is 1.17 bits per heavy atom. The van der Waals surface area contributed by atoms with Gasteiger partial charge in [-0.05, 0) is 147 Å². The van der Waals surface area contributed by atoms with Crippen LogP contribution in [0.15, 0.2) is 150 Å². The number of fused-ring (bicyclic) bond motifs is 9. The second-order valence-corrected chi connectivity index (χ2v) is 20.6. The van der Waals surface area contributed by atoms with Gasteiger partial charge in [-0.25, -0.2) is 0 Å². The number of benzene rings is 8. The van der Waals surface area contributed by atoms with Gasteiger partial charge in [0.1, 0.15) is 57.4 Å². The van der Waals surface area contributed by atoms with Crippen LogP contribution < -0.4 is 23.7 Å². The molecule has 11 rings (SSSR count). The van der Waals surface area contributed by atoms with Gasteiger partial charge in [0.15, 0.2) is 0 Å². The number of aryl methyl sites for hydroxylation is 4. The number of aldehydes is 1. The molecule has 10 nitrogen and oxygen atoms in total. The van der Waals surface area contributed by atoms with E-state index in [0.29, 0.717) is 69.9 Å². The summed E-state index contributed by atoms with van der Waals surface area (Å²) < 4.78 is 61.5. The Hall–Kier alpha value is -7.77. The SMILES string of the molecule is COc1cc(C)c2op(-c3c(-c4ccccc4)ccc4c3-c3c(ccc(-c5ccccc5)c3-p3oc5c(C)cc(OC)cc5c5cc(OC)cc(C)c5o3)OCCCCO4)oc3c(C)cc(C=O)cc3c2c1. The van der Waals surface area contributed by atoms with Crippen LogP contribution in [0.1, 0.15) is 45.5 Å². The lowest BCUT2D eigenvalue weighted by Gasteiger charge is -2.24. The van der Waals surface area contributed by atoms with E-state index < -0.39 is 16.0 Å². The summed E-state index contributed by atoms with van der Waals surface area (Å²) in [6, 6.07) is 44.5. The highest BCUT2D eigenvalue weighted by Gasteiger charge is 2.32. The topological polar surface area (TPSA) is 116 Å². The van der Waals surface area contributed by atoms with Crippen molar-refractivity contribution in [1.29, 1.82) is 0 Å². The number of hydrogen-bond donors (Lipinski definition) is 0. The average Bonchev–Trinajstić information content (AvgIpc) is 3.69. The van der Waals surface area contributed by atoms with E-state index in [1.165, 1.54) is 0 Å². The van der Waals surface area contributed by atoms with Crippen molar-refractivity contribution in [3.05, 3.63) is 161 Å². The first-order chi connectivity index (χ1) is 35.2. The molecule has 1 aliphatic heterocycles. The van der Waals surface area contributed by atoms with Crippen LogP contribution in [-0.4, -0.2) is 40.8 Å². The molecule has 0 fully saturated rings. The van der Waals surface area contributed by atoms with Gasteiger partial charge in [0, 0.05) is 49.4 Å². The third-order valence-corrected chi connectivity index (χ3v) is 16.3. The molecule has 0 saturated carbocycles. The van der Waals surface area contributed by atoms with Crippen molar-refractivity contribution in [1.82, 2.24) is 0 Å². The first-order valence-corrected chi connectivity index (χ1v) is 26.2. The van der Waals surface area contributed by atoms with Gasteiger partial charge in [-0.1, -0.05) is 60.7 Å². The third kappa shape index (κ3) is 8.34. The summed E-state index contributed by atoms with van der Waals surface area (Å²) in [5, 5.41) is 4.63. The largest absolute Gasteiger partial charge is 0.497 e. The molecule has 0 bridgehead atoms. The zero-order valence-corrected chi connectivity index (χ0v) is 42.9. The van der Waals surface area contributed by atoms with Crippen molar-refractivity contribution in [3.63, 3.8) is 0 Å². The number of carbonyl (C=O) groups excluding carboxylic acids is 1. The minimum atomic E-state index is -2.12. The Kier molecular flexibility index (Phi) is 12.6. The maximum absolute atomic E-state index is 12.5. The third-order valence-electron chi connectivity index (χ3n) is 13.3. The summed E-state index contributed by atoms with van der Waals surface area (Å²) >= 11 is 0. The number of rotatable bonds is 8. The number of ether oxygens (including phenoxy) is 5. The van der Waals surface area contributed by atoms with Crippen molar-refractivity contribution in [2.45, 2.75) is 40.5 Å². The first-order valence-electron chi connectivity index (χ1n) is 23.9. The first kappa shape index (κ1) is 46.6. The fourth-order valence-corrected chi connectivity index (χ4v) is 13.5. The summed E-state index contributed by atoms with van der Waals surface area (Å²) in [6.07, 6.45) is 2.39. The monoisotopic (exact) mass is 994 g/mol. The average molecular weight is 995 g/mol. The lowest BCUT2D eigenvalue weighted by molar-refractivity contribution is 0.112. The van der Waals surface area contributed by atoms with E-state index in [4.69, 9.17) is 40.5 Å². The second-order valence-electron chi connectivity index (χ2n) is 18.0. The smallest absolute Gasteiger partial charge is 0.254 e. The van der Waals surface area contributed by atoms with Gasteiger partial charge in [-0.15, -0.1) is 0 Å². The summed E-state index contributed by atoms with van der Waals surface area (Å²) in [4.78, 5) is 12.5. The molecule has 12 heteroatoms. The van der Waals surface area contributed by atoms with Crippen LogP contribution in [-0.2, 0) is 0 Å². The molecule has 0 N–H and O–H groups in total.